The van der Waals surface area contributed by atoms with E-state index < -0.39 is 29.2 Å². The molecule has 6 aromatic carbocycles. The average molecular weight is 642 g/mol. The summed E-state index contributed by atoms with van der Waals surface area (Å²) in [4.78, 5) is 23.1. The number of hydrogen-bond acceptors (Lipinski definition) is 4. The second-order valence-electron chi connectivity index (χ2n) is 10.7. The molecule has 238 valence electrons. The summed E-state index contributed by atoms with van der Waals surface area (Å²) in [5.41, 5.74) is 0.712. The third-order valence-corrected chi connectivity index (χ3v) is 6.85. The van der Waals surface area contributed by atoms with Gasteiger partial charge in [0, 0.05) is 34.5 Å². The van der Waals surface area contributed by atoms with Crippen LogP contribution in [0.3, 0.4) is 0 Å². The fourth-order valence-electron chi connectivity index (χ4n) is 4.64. The Morgan fingerprint density at radius 3 is 1.51 bits per heavy atom. The molecule has 0 aromatic heterocycles. The van der Waals surface area contributed by atoms with Crippen molar-refractivity contribution in [1.29, 1.82) is 0 Å². The highest BCUT2D eigenvalue weighted by molar-refractivity contribution is 6.00. The Kier molecular flexibility index (Phi) is 9.70. The standard InChI is InChI=1S/C20H17F2NO2.C17H10F2O3/c1-12(2)23-20(24)14-6-8-16-13(10-14)4-3-5-19(16)25-15-7-9-17(21)18(22)11-15;18-14-7-5-12(9-15(14)19)22-16-3-1-2-10-8-11(17(20)21)4-6-13(10)16/h3-12H,1-2H3,(H,23,24);1-9H,(H,20,21). The molecule has 6 aromatic rings. The molecule has 0 unspecified atom stereocenters. The zero-order chi connectivity index (χ0) is 33.7. The molecule has 0 heterocycles. The molecule has 0 saturated carbocycles. The van der Waals surface area contributed by atoms with Crippen LogP contribution in [0.4, 0.5) is 17.6 Å². The Hall–Kier alpha value is -5.90. The van der Waals surface area contributed by atoms with E-state index in [2.05, 4.69) is 5.32 Å². The summed E-state index contributed by atoms with van der Waals surface area (Å²) in [5, 5.41) is 14.8. The highest BCUT2D eigenvalue weighted by atomic mass is 19.2. The lowest BCUT2D eigenvalue weighted by atomic mass is 10.1. The summed E-state index contributed by atoms with van der Waals surface area (Å²) in [6.07, 6.45) is 0. The van der Waals surface area contributed by atoms with E-state index in [1.165, 1.54) is 24.3 Å². The van der Waals surface area contributed by atoms with E-state index in [9.17, 15) is 27.2 Å². The Morgan fingerprint density at radius 2 is 1.06 bits per heavy atom. The van der Waals surface area contributed by atoms with Crippen LogP contribution in [0.2, 0.25) is 0 Å². The van der Waals surface area contributed by atoms with Gasteiger partial charge in [0.15, 0.2) is 23.3 Å². The van der Waals surface area contributed by atoms with Crippen molar-refractivity contribution < 1.29 is 41.7 Å². The molecule has 6 rings (SSSR count). The molecule has 0 saturated heterocycles. The SMILES string of the molecule is CC(C)NC(=O)c1ccc2c(Oc3ccc(F)c(F)c3)cccc2c1.O=C(O)c1ccc2c(Oc3ccc(F)c(F)c3)cccc2c1. The van der Waals surface area contributed by atoms with E-state index in [0.29, 0.717) is 27.8 Å². The number of carboxylic acid groups (broad SMARTS) is 1. The molecule has 0 aliphatic heterocycles. The Labute approximate surface area is 266 Å². The minimum atomic E-state index is -1.02. The van der Waals surface area contributed by atoms with Gasteiger partial charge < -0.3 is 19.9 Å². The second kappa shape index (κ2) is 14.0. The molecule has 0 radical (unpaired) electrons. The third-order valence-electron chi connectivity index (χ3n) is 6.85. The number of aromatic carboxylic acids is 1. The van der Waals surface area contributed by atoms with Gasteiger partial charge in [-0.15, -0.1) is 0 Å². The maximum atomic E-state index is 13.3. The van der Waals surface area contributed by atoms with Gasteiger partial charge in [0.1, 0.15) is 23.0 Å². The first kappa shape index (κ1) is 32.5. The second-order valence-corrected chi connectivity index (χ2v) is 10.7. The maximum Gasteiger partial charge on any atom is 0.335 e. The number of rotatable bonds is 7. The van der Waals surface area contributed by atoms with E-state index in [0.717, 1.165) is 35.0 Å². The van der Waals surface area contributed by atoms with Gasteiger partial charge in [-0.05, 0) is 97.4 Å². The predicted molar refractivity (Wildman–Crippen MR) is 170 cm³/mol. The van der Waals surface area contributed by atoms with Crippen LogP contribution >= 0.6 is 0 Å². The largest absolute Gasteiger partial charge is 0.478 e. The predicted octanol–water partition coefficient (Wildman–Crippen LogP) is 9.66. The van der Waals surface area contributed by atoms with Crippen LogP contribution in [0, 0.1) is 23.3 Å². The van der Waals surface area contributed by atoms with Crippen molar-refractivity contribution in [2.24, 2.45) is 0 Å². The molecule has 0 bridgehead atoms. The van der Waals surface area contributed by atoms with Gasteiger partial charge in [-0.25, -0.2) is 22.4 Å². The molecule has 47 heavy (non-hydrogen) atoms. The van der Waals surface area contributed by atoms with Crippen molar-refractivity contribution in [2.75, 3.05) is 0 Å². The minimum Gasteiger partial charge on any atom is -0.478 e. The third kappa shape index (κ3) is 7.85. The van der Waals surface area contributed by atoms with Gasteiger partial charge in [0.2, 0.25) is 0 Å². The fraction of sp³-hybridized carbons (Fsp3) is 0.0811. The quantitative estimate of drug-likeness (QED) is 0.170. The number of ether oxygens (including phenoxy) is 2. The molecule has 10 heteroatoms. The number of carbonyl (C=O) groups excluding carboxylic acids is 1. The van der Waals surface area contributed by atoms with E-state index in [4.69, 9.17) is 14.6 Å². The van der Waals surface area contributed by atoms with E-state index in [1.54, 1.807) is 54.6 Å². The summed E-state index contributed by atoms with van der Waals surface area (Å²) in [5.74, 6) is -3.71. The zero-order valence-electron chi connectivity index (χ0n) is 25.1. The van der Waals surface area contributed by atoms with Crippen LogP contribution in [-0.4, -0.2) is 23.0 Å². The minimum absolute atomic E-state index is 0.0474. The first-order valence-electron chi connectivity index (χ1n) is 14.3. The van der Waals surface area contributed by atoms with Gasteiger partial charge in [-0.2, -0.15) is 0 Å². The van der Waals surface area contributed by atoms with Crippen LogP contribution in [-0.2, 0) is 0 Å². The van der Waals surface area contributed by atoms with Crippen LogP contribution in [0.1, 0.15) is 34.6 Å². The molecule has 1 amide bonds. The summed E-state index contributed by atoms with van der Waals surface area (Å²) in [6.45, 7) is 3.79. The van der Waals surface area contributed by atoms with Gasteiger partial charge in [0.05, 0.1) is 5.56 Å². The highest BCUT2D eigenvalue weighted by Crippen LogP contribution is 2.32. The smallest absolute Gasteiger partial charge is 0.335 e. The first-order valence-corrected chi connectivity index (χ1v) is 14.3. The Morgan fingerprint density at radius 1 is 0.596 bits per heavy atom. The number of hydrogen-bond donors (Lipinski definition) is 2. The first-order chi connectivity index (χ1) is 22.5. The van der Waals surface area contributed by atoms with Crippen LogP contribution in [0.5, 0.6) is 23.0 Å². The van der Waals surface area contributed by atoms with Gasteiger partial charge in [-0.3, -0.25) is 4.79 Å². The van der Waals surface area contributed by atoms with Crippen molar-refractivity contribution in [2.45, 2.75) is 19.9 Å². The summed E-state index contributed by atoms with van der Waals surface area (Å²) >= 11 is 0. The van der Waals surface area contributed by atoms with E-state index >= 15 is 0 Å². The van der Waals surface area contributed by atoms with Crippen LogP contribution < -0.4 is 14.8 Å². The van der Waals surface area contributed by atoms with E-state index in [1.807, 2.05) is 19.9 Å². The number of carbonyl (C=O) groups is 2. The van der Waals surface area contributed by atoms with Crippen molar-refractivity contribution in [3.05, 3.63) is 144 Å². The molecule has 0 fully saturated rings. The van der Waals surface area contributed by atoms with Crippen LogP contribution in [0.15, 0.2) is 109 Å². The van der Waals surface area contributed by atoms with Gasteiger partial charge >= 0.3 is 5.97 Å². The van der Waals surface area contributed by atoms with Crippen molar-refractivity contribution in [1.82, 2.24) is 5.32 Å². The molecule has 0 aliphatic carbocycles. The average Bonchev–Trinajstić information content (AvgIpc) is 3.04. The lowest BCUT2D eigenvalue weighted by molar-refractivity contribution is 0.0696. The molecule has 0 aliphatic rings. The topological polar surface area (TPSA) is 84.9 Å². The fourth-order valence-corrected chi connectivity index (χ4v) is 4.64. The molecule has 2 N–H and O–H groups in total. The van der Waals surface area contributed by atoms with Gasteiger partial charge in [-0.1, -0.05) is 24.3 Å². The number of halogens is 4. The molecule has 6 nitrogen and oxygen atoms in total. The molecular weight excluding hydrogens is 614 g/mol. The lowest BCUT2D eigenvalue weighted by Gasteiger charge is -2.11. The maximum absolute atomic E-state index is 13.3. The monoisotopic (exact) mass is 641 g/mol. The van der Waals surface area contributed by atoms with Crippen molar-refractivity contribution in [3.8, 4) is 23.0 Å². The molecular formula is C37H27F4NO5. The van der Waals surface area contributed by atoms with Crippen molar-refractivity contribution in [3.63, 3.8) is 0 Å². The van der Waals surface area contributed by atoms with Crippen molar-refractivity contribution >= 4 is 33.4 Å². The number of carboxylic acids is 1. The van der Waals surface area contributed by atoms with E-state index in [-0.39, 0.29) is 29.0 Å². The molecule has 0 atom stereocenters. The molecule has 0 spiro atoms. The zero-order valence-corrected chi connectivity index (χ0v) is 25.1. The number of fused-ring (bicyclic) bond motifs is 2. The number of benzene rings is 6. The lowest BCUT2D eigenvalue weighted by Crippen LogP contribution is -2.29. The van der Waals surface area contributed by atoms with Gasteiger partial charge in [0.25, 0.3) is 5.91 Å². The summed E-state index contributed by atoms with van der Waals surface area (Å²) < 4.78 is 63.8. The normalized spacial score (nSPS) is 10.8. The highest BCUT2D eigenvalue weighted by Gasteiger charge is 2.12. The Balaban J connectivity index is 0.000000186. The Bertz CT molecular complexity index is 2120. The number of nitrogens with one attached hydrogen (secondary N) is 1. The van der Waals surface area contributed by atoms with Crippen LogP contribution in [0.25, 0.3) is 21.5 Å². The summed E-state index contributed by atoms with van der Waals surface area (Å²) in [7, 11) is 0. The number of amides is 1. The summed E-state index contributed by atoms with van der Waals surface area (Å²) in [6, 6.07) is 27.0.